The van der Waals surface area contributed by atoms with Gasteiger partial charge in [0.05, 0.1) is 23.8 Å². The van der Waals surface area contributed by atoms with Crippen molar-refractivity contribution in [3.05, 3.63) is 33.8 Å². The second-order valence-corrected chi connectivity index (χ2v) is 8.72. The van der Waals surface area contributed by atoms with E-state index in [0.29, 0.717) is 36.4 Å². The van der Waals surface area contributed by atoms with Crippen LogP contribution in [-0.2, 0) is 4.74 Å². The van der Waals surface area contributed by atoms with Crippen LogP contribution in [0.2, 0.25) is 10.0 Å². The number of alkyl halides is 3. The predicted octanol–water partition coefficient (Wildman–Crippen LogP) is 3.63. The third kappa shape index (κ3) is 6.17. The van der Waals surface area contributed by atoms with Gasteiger partial charge in [-0.15, -0.1) is 0 Å². The minimum absolute atomic E-state index is 0.184. The summed E-state index contributed by atoms with van der Waals surface area (Å²) in [7, 11) is 0. The Kier molecular flexibility index (Phi) is 7.70. The van der Waals surface area contributed by atoms with Gasteiger partial charge in [0, 0.05) is 18.1 Å². The highest BCUT2D eigenvalue weighted by atomic mass is 35.6. The lowest BCUT2D eigenvalue weighted by atomic mass is 10.2. The average molecular weight is 466 g/mol. The molecular formula is C14H14Cl5N3O2S. The fourth-order valence-corrected chi connectivity index (χ4v) is 3.19. The molecule has 0 aromatic heterocycles. The summed E-state index contributed by atoms with van der Waals surface area (Å²) in [5.74, 6) is -0.532. The molecule has 2 rings (SSSR count). The molecule has 0 spiro atoms. The normalized spacial score (nSPS) is 16.3. The summed E-state index contributed by atoms with van der Waals surface area (Å²) in [6.07, 6.45) is -1.06. The largest absolute Gasteiger partial charge is 0.378 e. The molecule has 0 saturated carbocycles. The Morgan fingerprint density at radius 3 is 2.40 bits per heavy atom. The highest BCUT2D eigenvalue weighted by Gasteiger charge is 2.36. The summed E-state index contributed by atoms with van der Waals surface area (Å²) in [4.78, 5) is 14.3. The summed E-state index contributed by atoms with van der Waals surface area (Å²) < 4.78 is 3.42. The van der Waals surface area contributed by atoms with Crippen molar-refractivity contribution >= 4 is 81.2 Å². The summed E-state index contributed by atoms with van der Waals surface area (Å²) >= 11 is 35.1. The average Bonchev–Trinajstić information content (AvgIpc) is 2.54. The third-order valence-electron chi connectivity index (χ3n) is 3.34. The van der Waals surface area contributed by atoms with Gasteiger partial charge >= 0.3 is 0 Å². The Labute approximate surface area is 175 Å². The van der Waals surface area contributed by atoms with Gasteiger partial charge in [0.15, 0.2) is 5.11 Å². The first kappa shape index (κ1) is 21.1. The van der Waals surface area contributed by atoms with Crippen molar-refractivity contribution in [2.75, 3.05) is 26.3 Å². The van der Waals surface area contributed by atoms with E-state index in [-0.39, 0.29) is 10.6 Å². The molecule has 1 atom stereocenters. The molecule has 1 fully saturated rings. The maximum atomic E-state index is 12.5. The van der Waals surface area contributed by atoms with E-state index in [0.717, 1.165) is 0 Å². The van der Waals surface area contributed by atoms with E-state index in [1.54, 1.807) is 6.07 Å². The highest BCUT2D eigenvalue weighted by molar-refractivity contribution is 7.80. The quantitative estimate of drug-likeness (QED) is 0.406. The van der Waals surface area contributed by atoms with E-state index in [1.165, 1.54) is 12.1 Å². The molecule has 138 valence electrons. The summed E-state index contributed by atoms with van der Waals surface area (Å²) in [5.41, 5.74) is 0.199. The van der Waals surface area contributed by atoms with E-state index >= 15 is 0 Å². The minimum Gasteiger partial charge on any atom is -0.378 e. The van der Waals surface area contributed by atoms with E-state index in [1.807, 2.05) is 4.90 Å². The van der Waals surface area contributed by atoms with Crippen LogP contribution in [0.25, 0.3) is 0 Å². The van der Waals surface area contributed by atoms with Crippen LogP contribution in [0.3, 0.4) is 0 Å². The summed E-state index contributed by atoms with van der Waals surface area (Å²) in [6, 6.07) is 4.47. The molecule has 0 aliphatic carbocycles. The SMILES string of the molecule is O=C(N[C@@H](NC(=S)N1CCOCC1)C(Cl)(Cl)Cl)c1ccc(Cl)cc1Cl. The lowest BCUT2D eigenvalue weighted by Gasteiger charge is -2.34. The van der Waals surface area contributed by atoms with Crippen LogP contribution in [0.4, 0.5) is 0 Å². The molecular weight excluding hydrogens is 452 g/mol. The molecule has 25 heavy (non-hydrogen) atoms. The van der Waals surface area contributed by atoms with Gasteiger partial charge in [-0.2, -0.15) is 0 Å². The molecule has 1 heterocycles. The standard InChI is InChI=1S/C14H14Cl5N3O2S/c15-8-1-2-9(10(16)7-8)11(23)20-12(14(17,18)19)21-13(25)22-3-5-24-6-4-22/h1-2,7,12H,3-6H2,(H,20,23)(H,21,25)/t12-/m0/s1. The number of halogens is 5. The number of hydrogen-bond acceptors (Lipinski definition) is 3. The smallest absolute Gasteiger partial charge is 0.254 e. The predicted molar refractivity (Wildman–Crippen MR) is 106 cm³/mol. The summed E-state index contributed by atoms with van der Waals surface area (Å²) in [6.45, 7) is 2.31. The van der Waals surface area contributed by atoms with E-state index < -0.39 is 15.9 Å². The first-order chi connectivity index (χ1) is 11.7. The van der Waals surface area contributed by atoms with E-state index in [4.69, 9.17) is 75.0 Å². The number of carbonyl (C=O) groups excluding carboxylic acids is 1. The number of hydrogen-bond donors (Lipinski definition) is 2. The molecule has 0 bridgehead atoms. The maximum absolute atomic E-state index is 12.5. The molecule has 0 radical (unpaired) electrons. The van der Waals surface area contributed by atoms with Gasteiger partial charge in [-0.05, 0) is 30.4 Å². The van der Waals surface area contributed by atoms with Crippen LogP contribution in [0.5, 0.6) is 0 Å². The molecule has 1 aliphatic heterocycles. The van der Waals surface area contributed by atoms with E-state index in [9.17, 15) is 4.79 Å². The topological polar surface area (TPSA) is 53.6 Å². The van der Waals surface area contributed by atoms with Crippen LogP contribution >= 0.6 is 70.2 Å². The number of rotatable bonds is 3. The van der Waals surface area contributed by atoms with Crippen molar-refractivity contribution in [2.24, 2.45) is 0 Å². The molecule has 1 aliphatic rings. The monoisotopic (exact) mass is 463 g/mol. The van der Waals surface area contributed by atoms with Gasteiger partial charge in [0.25, 0.3) is 5.91 Å². The van der Waals surface area contributed by atoms with Crippen LogP contribution in [0, 0.1) is 0 Å². The zero-order valence-electron chi connectivity index (χ0n) is 12.7. The summed E-state index contributed by atoms with van der Waals surface area (Å²) in [5, 5.41) is 6.39. The van der Waals surface area contributed by atoms with Gasteiger partial charge in [-0.3, -0.25) is 4.79 Å². The van der Waals surface area contributed by atoms with Crippen molar-refractivity contribution < 1.29 is 9.53 Å². The minimum atomic E-state index is -1.84. The molecule has 1 amide bonds. The number of amides is 1. The fourth-order valence-electron chi connectivity index (χ4n) is 2.06. The Morgan fingerprint density at radius 2 is 1.84 bits per heavy atom. The molecule has 5 nitrogen and oxygen atoms in total. The first-order valence-corrected chi connectivity index (χ1v) is 9.44. The van der Waals surface area contributed by atoms with Gasteiger partial charge in [-0.1, -0.05) is 58.0 Å². The fraction of sp³-hybridized carbons (Fsp3) is 0.429. The lowest BCUT2D eigenvalue weighted by Crippen LogP contribution is -2.59. The number of ether oxygens (including phenoxy) is 1. The van der Waals surface area contributed by atoms with Gasteiger partial charge < -0.3 is 20.3 Å². The number of nitrogens with one attached hydrogen (secondary N) is 2. The molecule has 1 aromatic carbocycles. The Hall–Kier alpha value is -0.210. The number of carbonyl (C=O) groups is 1. The molecule has 1 aromatic rings. The van der Waals surface area contributed by atoms with Gasteiger partial charge in [0.2, 0.25) is 3.79 Å². The van der Waals surface area contributed by atoms with Crippen molar-refractivity contribution in [2.45, 2.75) is 9.96 Å². The Bertz CT molecular complexity index is 650. The Morgan fingerprint density at radius 1 is 1.20 bits per heavy atom. The second-order valence-electron chi connectivity index (χ2n) is 5.12. The maximum Gasteiger partial charge on any atom is 0.254 e. The third-order valence-corrected chi connectivity index (χ3v) is 4.92. The van der Waals surface area contributed by atoms with Crippen molar-refractivity contribution in [1.29, 1.82) is 0 Å². The van der Waals surface area contributed by atoms with Crippen molar-refractivity contribution in [1.82, 2.24) is 15.5 Å². The molecule has 0 unspecified atom stereocenters. The number of benzene rings is 1. The van der Waals surface area contributed by atoms with Gasteiger partial charge in [0.1, 0.15) is 6.17 Å². The molecule has 2 N–H and O–H groups in total. The first-order valence-electron chi connectivity index (χ1n) is 7.14. The second kappa shape index (κ2) is 9.13. The van der Waals surface area contributed by atoms with Crippen LogP contribution in [0.1, 0.15) is 10.4 Å². The zero-order chi connectivity index (χ0) is 18.6. The molecule has 11 heteroatoms. The molecule has 1 saturated heterocycles. The van der Waals surface area contributed by atoms with Crippen molar-refractivity contribution in [3.8, 4) is 0 Å². The number of morpholine rings is 1. The van der Waals surface area contributed by atoms with Crippen LogP contribution in [-0.4, -0.2) is 52.2 Å². The van der Waals surface area contributed by atoms with E-state index in [2.05, 4.69) is 10.6 Å². The zero-order valence-corrected chi connectivity index (χ0v) is 17.3. The highest BCUT2D eigenvalue weighted by Crippen LogP contribution is 2.30. The van der Waals surface area contributed by atoms with Crippen molar-refractivity contribution in [3.63, 3.8) is 0 Å². The van der Waals surface area contributed by atoms with Crippen LogP contribution in [0.15, 0.2) is 18.2 Å². The van der Waals surface area contributed by atoms with Crippen LogP contribution < -0.4 is 10.6 Å². The Balaban J connectivity index is 2.09. The number of thiocarbonyl (C=S) groups is 1. The number of nitrogens with zero attached hydrogens (tertiary/aromatic N) is 1. The lowest BCUT2D eigenvalue weighted by molar-refractivity contribution is 0.0671. The van der Waals surface area contributed by atoms with Gasteiger partial charge in [-0.25, -0.2) is 0 Å².